The molecule has 1 heterocycles. The smallest absolute Gasteiger partial charge is 0.300 e. The van der Waals surface area contributed by atoms with Crippen molar-refractivity contribution < 1.29 is 19.1 Å². The van der Waals surface area contributed by atoms with Gasteiger partial charge in [-0.2, -0.15) is 0 Å². The molecular formula is C14H15ClN2O4. The van der Waals surface area contributed by atoms with E-state index in [1.165, 1.54) is 0 Å². The molecule has 21 heavy (non-hydrogen) atoms. The average Bonchev–Trinajstić information content (AvgIpc) is 2.70. The fourth-order valence-electron chi connectivity index (χ4n) is 2.10. The van der Waals surface area contributed by atoms with Crippen molar-refractivity contribution in [2.75, 3.05) is 31.7 Å². The quantitative estimate of drug-likeness (QED) is 0.629. The first-order valence-electron chi connectivity index (χ1n) is 6.46. The highest BCUT2D eigenvalue weighted by molar-refractivity contribution is 6.55. The molecule has 0 saturated heterocycles. The molecule has 0 aliphatic carbocycles. The number of rotatable bonds is 6. The summed E-state index contributed by atoms with van der Waals surface area (Å²) in [6.07, 6.45) is 0.678. The van der Waals surface area contributed by atoms with E-state index in [-0.39, 0.29) is 23.0 Å². The average molecular weight is 311 g/mol. The van der Waals surface area contributed by atoms with Gasteiger partial charge in [0.15, 0.2) is 0 Å². The monoisotopic (exact) mass is 310 g/mol. The molecule has 0 unspecified atom stereocenters. The third kappa shape index (κ3) is 3.22. The first-order valence-corrected chi connectivity index (χ1v) is 6.84. The van der Waals surface area contributed by atoms with E-state index in [4.69, 9.17) is 16.3 Å². The third-order valence-electron chi connectivity index (χ3n) is 3.10. The van der Waals surface area contributed by atoms with E-state index in [9.17, 15) is 14.4 Å². The van der Waals surface area contributed by atoms with E-state index < -0.39 is 11.7 Å². The Kier molecular flexibility index (Phi) is 4.93. The number of amides is 2. The van der Waals surface area contributed by atoms with Gasteiger partial charge in [-0.05, 0) is 18.6 Å². The molecule has 0 radical (unpaired) electrons. The zero-order valence-electron chi connectivity index (χ0n) is 11.5. The number of carbonyl (C=O) groups excluding carboxylic acids is 3. The van der Waals surface area contributed by atoms with Crippen molar-refractivity contribution in [1.29, 1.82) is 0 Å². The van der Waals surface area contributed by atoms with E-state index >= 15 is 0 Å². The molecule has 1 aromatic rings. The van der Waals surface area contributed by atoms with Crippen LogP contribution < -0.4 is 10.2 Å². The molecule has 0 bridgehead atoms. The molecule has 112 valence electrons. The first-order chi connectivity index (χ1) is 10.1. The number of nitrogens with one attached hydrogen (secondary N) is 1. The topological polar surface area (TPSA) is 75.7 Å². The number of carbonyl (C=O) groups is 3. The van der Waals surface area contributed by atoms with Crippen molar-refractivity contribution in [3.8, 4) is 0 Å². The van der Waals surface area contributed by atoms with Crippen LogP contribution in [0.5, 0.6) is 0 Å². The molecule has 7 heteroatoms. The Balaban J connectivity index is 2.05. The summed E-state index contributed by atoms with van der Waals surface area (Å²) in [6.45, 7) is 0.788. The highest BCUT2D eigenvalue weighted by atomic mass is 35.5. The summed E-state index contributed by atoms with van der Waals surface area (Å²) in [4.78, 5) is 36.8. The number of nitrogens with zero attached hydrogens (tertiary/aromatic N) is 1. The number of Topliss-reactive ketones (excluding diaryl/α,β-unsaturated/α-hetero) is 1. The van der Waals surface area contributed by atoms with Gasteiger partial charge < -0.3 is 10.1 Å². The van der Waals surface area contributed by atoms with Gasteiger partial charge in [-0.3, -0.25) is 19.3 Å². The predicted octanol–water partition coefficient (Wildman–Crippen LogP) is 1.02. The van der Waals surface area contributed by atoms with Crippen molar-refractivity contribution in [3.63, 3.8) is 0 Å². The number of methoxy groups -OCH3 is 1. The van der Waals surface area contributed by atoms with E-state index in [1.807, 2.05) is 0 Å². The number of ketones is 1. The highest BCUT2D eigenvalue weighted by Crippen LogP contribution is 2.33. The van der Waals surface area contributed by atoms with E-state index in [2.05, 4.69) is 5.32 Å². The lowest BCUT2D eigenvalue weighted by Crippen LogP contribution is -2.40. The predicted molar refractivity (Wildman–Crippen MR) is 77.6 cm³/mol. The molecule has 1 N–H and O–H groups in total. The molecule has 6 nitrogen and oxygen atoms in total. The van der Waals surface area contributed by atoms with Crippen LogP contribution in [0.15, 0.2) is 18.2 Å². The maximum absolute atomic E-state index is 11.9. The van der Waals surface area contributed by atoms with Crippen molar-refractivity contribution in [2.24, 2.45) is 0 Å². The Bertz CT molecular complexity index is 588. The number of hydrogen-bond acceptors (Lipinski definition) is 4. The van der Waals surface area contributed by atoms with Crippen LogP contribution in [0, 0.1) is 0 Å². The second kappa shape index (κ2) is 6.69. The Morgan fingerprint density at radius 1 is 1.38 bits per heavy atom. The second-order valence-electron chi connectivity index (χ2n) is 4.55. The van der Waals surface area contributed by atoms with Crippen LogP contribution >= 0.6 is 11.6 Å². The summed E-state index contributed by atoms with van der Waals surface area (Å²) in [6, 6.07) is 4.78. The summed E-state index contributed by atoms with van der Waals surface area (Å²) in [7, 11) is 1.58. The summed E-state index contributed by atoms with van der Waals surface area (Å²) in [5, 5.41) is 2.88. The van der Waals surface area contributed by atoms with Crippen molar-refractivity contribution >= 4 is 34.9 Å². The Morgan fingerprint density at radius 2 is 2.14 bits per heavy atom. The van der Waals surface area contributed by atoms with Crippen LogP contribution in [0.1, 0.15) is 16.8 Å². The standard InChI is InChI=1S/C14H15ClN2O4/c1-21-7-3-6-16-11(18)8-17-10-5-2-4-9(15)12(10)13(19)14(17)20/h2,4-5H,3,6-8H2,1H3,(H,16,18). The summed E-state index contributed by atoms with van der Waals surface area (Å²) in [5.74, 6) is -1.74. The minimum absolute atomic E-state index is 0.163. The number of halogens is 1. The van der Waals surface area contributed by atoms with Gasteiger partial charge in [0, 0.05) is 20.3 Å². The lowest BCUT2D eigenvalue weighted by molar-refractivity contribution is -0.122. The minimum atomic E-state index is -0.731. The largest absolute Gasteiger partial charge is 0.385 e. The van der Waals surface area contributed by atoms with Gasteiger partial charge in [0.1, 0.15) is 6.54 Å². The number of anilines is 1. The van der Waals surface area contributed by atoms with Crippen molar-refractivity contribution in [2.45, 2.75) is 6.42 Å². The molecule has 1 aliphatic heterocycles. The summed E-state index contributed by atoms with van der Waals surface area (Å²) < 4.78 is 4.87. The van der Waals surface area contributed by atoms with Crippen LogP contribution in [0.3, 0.4) is 0 Å². The van der Waals surface area contributed by atoms with Crippen LogP contribution in [-0.2, 0) is 14.3 Å². The Labute approximate surface area is 127 Å². The lowest BCUT2D eigenvalue weighted by atomic mass is 10.1. The van der Waals surface area contributed by atoms with Crippen LogP contribution in [-0.4, -0.2) is 44.4 Å². The maximum atomic E-state index is 11.9. The molecule has 1 aromatic carbocycles. The fourth-order valence-corrected chi connectivity index (χ4v) is 2.36. The highest BCUT2D eigenvalue weighted by Gasteiger charge is 2.38. The van der Waals surface area contributed by atoms with E-state index in [0.717, 1.165) is 4.90 Å². The molecule has 1 aliphatic rings. The second-order valence-corrected chi connectivity index (χ2v) is 4.96. The molecule has 0 atom stereocenters. The molecule has 0 aromatic heterocycles. The molecule has 2 rings (SSSR count). The molecule has 0 spiro atoms. The van der Waals surface area contributed by atoms with Crippen LogP contribution in [0.4, 0.5) is 5.69 Å². The van der Waals surface area contributed by atoms with Gasteiger partial charge in [-0.15, -0.1) is 0 Å². The first kappa shape index (κ1) is 15.5. The SMILES string of the molecule is COCCCNC(=O)CN1C(=O)C(=O)c2c(Cl)cccc21. The maximum Gasteiger partial charge on any atom is 0.300 e. The van der Waals surface area contributed by atoms with Gasteiger partial charge >= 0.3 is 0 Å². The van der Waals surface area contributed by atoms with Crippen molar-refractivity contribution in [3.05, 3.63) is 28.8 Å². The summed E-state index contributed by atoms with van der Waals surface area (Å²) >= 11 is 5.94. The molecule has 0 fully saturated rings. The fraction of sp³-hybridized carbons (Fsp3) is 0.357. The number of benzene rings is 1. The normalized spacial score (nSPS) is 13.5. The Hall–Kier alpha value is -1.92. The van der Waals surface area contributed by atoms with Gasteiger partial charge in [0.05, 0.1) is 16.3 Å². The van der Waals surface area contributed by atoms with Crippen LogP contribution in [0.2, 0.25) is 5.02 Å². The Morgan fingerprint density at radius 3 is 2.86 bits per heavy atom. The summed E-state index contributed by atoms with van der Waals surface area (Å²) in [5.41, 5.74) is 0.542. The zero-order chi connectivity index (χ0) is 15.4. The van der Waals surface area contributed by atoms with Crippen molar-refractivity contribution in [1.82, 2.24) is 5.32 Å². The molecule has 0 saturated carbocycles. The number of ether oxygens (including phenoxy) is 1. The third-order valence-corrected chi connectivity index (χ3v) is 3.41. The zero-order valence-corrected chi connectivity index (χ0v) is 12.3. The number of fused-ring (bicyclic) bond motifs is 1. The van der Waals surface area contributed by atoms with Gasteiger partial charge in [0.25, 0.3) is 11.7 Å². The molecular weight excluding hydrogens is 296 g/mol. The van der Waals surface area contributed by atoms with Gasteiger partial charge in [0.2, 0.25) is 5.91 Å². The van der Waals surface area contributed by atoms with Gasteiger partial charge in [-0.1, -0.05) is 17.7 Å². The minimum Gasteiger partial charge on any atom is -0.385 e. The lowest BCUT2D eigenvalue weighted by Gasteiger charge is -2.16. The van der Waals surface area contributed by atoms with Gasteiger partial charge in [-0.25, -0.2) is 0 Å². The number of hydrogen-bond donors (Lipinski definition) is 1. The van der Waals surface area contributed by atoms with E-state index in [1.54, 1.807) is 25.3 Å². The molecule has 2 amide bonds. The van der Waals surface area contributed by atoms with E-state index in [0.29, 0.717) is 25.3 Å². The van der Waals surface area contributed by atoms with Crippen LogP contribution in [0.25, 0.3) is 0 Å².